The second kappa shape index (κ2) is 4.94. The van der Waals surface area contributed by atoms with E-state index in [0.29, 0.717) is 5.92 Å². The predicted octanol–water partition coefficient (Wildman–Crippen LogP) is 2.58. The number of rotatable bonds is 5. The Labute approximate surface area is 107 Å². The molecule has 2 aromatic rings. The van der Waals surface area contributed by atoms with Gasteiger partial charge in [0.2, 0.25) is 0 Å². The van der Waals surface area contributed by atoms with Crippen molar-refractivity contribution in [2.24, 2.45) is 5.92 Å². The molecule has 0 bridgehead atoms. The molecule has 1 aromatic carbocycles. The highest BCUT2D eigenvalue weighted by molar-refractivity contribution is 5.32. The van der Waals surface area contributed by atoms with Gasteiger partial charge in [-0.25, -0.2) is 4.68 Å². The van der Waals surface area contributed by atoms with E-state index in [9.17, 15) is 5.11 Å². The summed E-state index contributed by atoms with van der Waals surface area (Å²) < 4.78 is 1.96. The van der Waals surface area contributed by atoms with Crippen molar-refractivity contribution >= 4 is 0 Å². The normalized spacial score (nSPS) is 16.7. The minimum Gasteiger partial charge on any atom is -0.393 e. The van der Waals surface area contributed by atoms with Crippen LogP contribution >= 0.6 is 0 Å². The van der Waals surface area contributed by atoms with E-state index in [1.54, 1.807) is 0 Å². The molecule has 1 heterocycles. The number of aryl methyl sites for hydroxylation is 1. The lowest BCUT2D eigenvalue weighted by Gasteiger charge is -2.10. The number of aromatic nitrogens is 2. The number of para-hydroxylation sites is 1. The van der Waals surface area contributed by atoms with E-state index in [4.69, 9.17) is 0 Å². The van der Waals surface area contributed by atoms with Crippen LogP contribution in [-0.4, -0.2) is 21.0 Å². The van der Waals surface area contributed by atoms with Gasteiger partial charge in [0.15, 0.2) is 0 Å². The van der Waals surface area contributed by atoms with Gasteiger partial charge in [-0.15, -0.1) is 0 Å². The smallest absolute Gasteiger partial charge is 0.0648 e. The van der Waals surface area contributed by atoms with Crippen LogP contribution in [0.3, 0.4) is 0 Å². The lowest BCUT2D eigenvalue weighted by molar-refractivity contribution is 0.141. The van der Waals surface area contributed by atoms with Crippen LogP contribution in [0.25, 0.3) is 5.69 Å². The molecule has 0 amide bonds. The summed E-state index contributed by atoms with van der Waals surface area (Å²) in [5, 5.41) is 14.3. The molecule has 3 heteroatoms. The first-order valence-corrected chi connectivity index (χ1v) is 6.61. The maximum absolute atomic E-state index is 9.92. The van der Waals surface area contributed by atoms with E-state index in [1.165, 1.54) is 18.5 Å². The molecule has 3 rings (SSSR count). The Morgan fingerprint density at radius 2 is 2.00 bits per heavy atom. The van der Waals surface area contributed by atoms with Gasteiger partial charge in [-0.3, -0.25) is 0 Å². The SMILES string of the molecule is OC(CCc1ccnn1-c1ccccc1)C1CC1. The summed E-state index contributed by atoms with van der Waals surface area (Å²) in [7, 11) is 0. The molecule has 1 fully saturated rings. The number of hydrogen-bond donors (Lipinski definition) is 1. The highest BCUT2D eigenvalue weighted by Gasteiger charge is 2.29. The number of hydrogen-bond acceptors (Lipinski definition) is 2. The topological polar surface area (TPSA) is 38.1 Å². The first-order valence-electron chi connectivity index (χ1n) is 6.61. The van der Waals surface area contributed by atoms with Crippen molar-refractivity contribution in [3.63, 3.8) is 0 Å². The highest BCUT2D eigenvalue weighted by atomic mass is 16.3. The fourth-order valence-electron chi connectivity index (χ4n) is 2.33. The number of aliphatic hydroxyl groups is 1. The van der Waals surface area contributed by atoms with Gasteiger partial charge >= 0.3 is 0 Å². The van der Waals surface area contributed by atoms with Crippen LogP contribution in [0, 0.1) is 5.92 Å². The Morgan fingerprint density at radius 1 is 1.22 bits per heavy atom. The Hall–Kier alpha value is -1.61. The van der Waals surface area contributed by atoms with E-state index in [-0.39, 0.29) is 6.10 Å². The van der Waals surface area contributed by atoms with Crippen molar-refractivity contribution in [1.29, 1.82) is 0 Å². The zero-order chi connectivity index (χ0) is 12.4. The lowest BCUT2D eigenvalue weighted by Crippen LogP contribution is -2.12. The van der Waals surface area contributed by atoms with Gasteiger partial charge in [0.25, 0.3) is 0 Å². The van der Waals surface area contributed by atoms with Crippen LogP contribution < -0.4 is 0 Å². The third-order valence-corrected chi connectivity index (χ3v) is 3.58. The van der Waals surface area contributed by atoms with Crippen LogP contribution in [0.4, 0.5) is 0 Å². The summed E-state index contributed by atoms with van der Waals surface area (Å²) in [6.07, 6.45) is 5.80. The second-order valence-corrected chi connectivity index (χ2v) is 5.01. The zero-order valence-electron chi connectivity index (χ0n) is 10.4. The average molecular weight is 242 g/mol. The Balaban J connectivity index is 1.71. The van der Waals surface area contributed by atoms with Gasteiger partial charge in [0.1, 0.15) is 0 Å². The highest BCUT2D eigenvalue weighted by Crippen LogP contribution is 2.34. The van der Waals surface area contributed by atoms with Crippen molar-refractivity contribution in [2.75, 3.05) is 0 Å². The van der Waals surface area contributed by atoms with Gasteiger partial charge in [0.05, 0.1) is 11.8 Å². The molecule has 0 aliphatic heterocycles. The summed E-state index contributed by atoms with van der Waals surface area (Å²) in [6.45, 7) is 0. The molecule has 3 nitrogen and oxygen atoms in total. The zero-order valence-corrected chi connectivity index (χ0v) is 10.4. The molecule has 1 aliphatic rings. The number of nitrogens with zero attached hydrogens (tertiary/aromatic N) is 2. The van der Waals surface area contributed by atoms with E-state index in [2.05, 4.69) is 5.10 Å². The Kier molecular flexibility index (Phi) is 3.15. The van der Waals surface area contributed by atoms with Crippen molar-refractivity contribution < 1.29 is 5.11 Å². The van der Waals surface area contributed by atoms with Gasteiger partial charge in [-0.05, 0) is 49.8 Å². The summed E-state index contributed by atoms with van der Waals surface area (Å²) in [5.74, 6) is 0.554. The van der Waals surface area contributed by atoms with Crippen molar-refractivity contribution in [1.82, 2.24) is 9.78 Å². The molecule has 1 saturated carbocycles. The van der Waals surface area contributed by atoms with Crippen LogP contribution in [0.2, 0.25) is 0 Å². The minimum atomic E-state index is -0.135. The van der Waals surface area contributed by atoms with Crippen LogP contribution in [0.1, 0.15) is 25.0 Å². The van der Waals surface area contributed by atoms with E-state index in [0.717, 1.165) is 18.5 Å². The molecule has 1 unspecified atom stereocenters. The lowest BCUT2D eigenvalue weighted by atomic mass is 10.1. The quantitative estimate of drug-likeness (QED) is 0.875. The molecule has 1 aliphatic carbocycles. The molecule has 1 N–H and O–H groups in total. The van der Waals surface area contributed by atoms with E-state index in [1.807, 2.05) is 47.3 Å². The molecule has 18 heavy (non-hydrogen) atoms. The van der Waals surface area contributed by atoms with Crippen LogP contribution in [0.15, 0.2) is 42.6 Å². The van der Waals surface area contributed by atoms with Crippen molar-refractivity contribution in [2.45, 2.75) is 31.8 Å². The molecule has 0 radical (unpaired) electrons. The fourth-order valence-corrected chi connectivity index (χ4v) is 2.33. The third kappa shape index (κ3) is 2.46. The first kappa shape index (κ1) is 11.5. The minimum absolute atomic E-state index is 0.135. The van der Waals surface area contributed by atoms with Crippen molar-refractivity contribution in [3.05, 3.63) is 48.3 Å². The molecule has 1 aromatic heterocycles. The second-order valence-electron chi connectivity index (χ2n) is 5.01. The summed E-state index contributed by atoms with van der Waals surface area (Å²) in [4.78, 5) is 0. The van der Waals surface area contributed by atoms with E-state index < -0.39 is 0 Å². The largest absolute Gasteiger partial charge is 0.393 e. The Bertz CT molecular complexity index is 502. The maximum atomic E-state index is 9.92. The standard InChI is InChI=1S/C15H18N2O/c18-15(12-6-7-12)9-8-14-10-11-16-17(14)13-4-2-1-3-5-13/h1-5,10-12,15,18H,6-9H2. The van der Waals surface area contributed by atoms with Gasteiger partial charge < -0.3 is 5.11 Å². The summed E-state index contributed by atoms with van der Waals surface area (Å²) in [6, 6.07) is 12.2. The monoisotopic (exact) mass is 242 g/mol. The van der Waals surface area contributed by atoms with Gasteiger partial charge in [0, 0.05) is 11.9 Å². The van der Waals surface area contributed by atoms with Gasteiger partial charge in [-0.2, -0.15) is 5.10 Å². The summed E-state index contributed by atoms with van der Waals surface area (Å²) >= 11 is 0. The predicted molar refractivity (Wildman–Crippen MR) is 70.6 cm³/mol. The fraction of sp³-hybridized carbons (Fsp3) is 0.400. The van der Waals surface area contributed by atoms with E-state index >= 15 is 0 Å². The molecule has 0 saturated heterocycles. The van der Waals surface area contributed by atoms with Gasteiger partial charge in [-0.1, -0.05) is 18.2 Å². The average Bonchev–Trinajstić information content (AvgIpc) is 3.16. The molecule has 0 spiro atoms. The molecular formula is C15H18N2O. The van der Waals surface area contributed by atoms with Crippen molar-refractivity contribution in [3.8, 4) is 5.69 Å². The molecule has 94 valence electrons. The third-order valence-electron chi connectivity index (χ3n) is 3.58. The molecular weight excluding hydrogens is 224 g/mol. The number of benzene rings is 1. The number of aliphatic hydroxyl groups excluding tert-OH is 1. The van der Waals surface area contributed by atoms with Crippen LogP contribution in [0.5, 0.6) is 0 Å². The summed E-state index contributed by atoms with van der Waals surface area (Å²) in [5.41, 5.74) is 2.25. The molecule has 1 atom stereocenters. The maximum Gasteiger partial charge on any atom is 0.0648 e. The first-order chi connectivity index (χ1) is 8.84. The Morgan fingerprint density at radius 3 is 2.72 bits per heavy atom. The van der Waals surface area contributed by atoms with Crippen LogP contribution in [-0.2, 0) is 6.42 Å².